The highest BCUT2D eigenvalue weighted by atomic mass is 35.5. The number of halogens is 7. The molecule has 9 heteroatoms. The number of carboxylic acid groups (broad SMARTS) is 1. The Bertz CT molecular complexity index is 799. The summed E-state index contributed by atoms with van der Waals surface area (Å²) in [5.74, 6) is -1.12. The van der Waals surface area contributed by atoms with Gasteiger partial charge in [-0.05, 0) is 6.42 Å². The lowest BCUT2D eigenvalue weighted by atomic mass is 9.84. The van der Waals surface area contributed by atoms with Crippen LogP contribution in [-0.4, -0.2) is 30.5 Å². The number of aliphatic carboxylic acids is 1. The van der Waals surface area contributed by atoms with Gasteiger partial charge in [0.2, 0.25) is 0 Å². The Balaban J connectivity index is 0.000000262. The van der Waals surface area contributed by atoms with Crippen LogP contribution in [0.2, 0.25) is 0 Å². The Morgan fingerprint density at radius 1 is 0.730 bits per heavy atom. The van der Waals surface area contributed by atoms with Crippen molar-refractivity contribution >= 4 is 87.2 Å². The Morgan fingerprint density at radius 2 is 1.14 bits per heavy atom. The summed E-state index contributed by atoms with van der Waals surface area (Å²) < 4.78 is -1.48. The molecule has 2 bridgehead atoms. The second-order valence-corrected chi connectivity index (χ2v) is 14.4. The van der Waals surface area contributed by atoms with Crippen LogP contribution in [0.25, 0.3) is 0 Å². The molecule has 0 radical (unpaired) electrons. The molecular formula is C28H41Cl7O2. The first-order chi connectivity index (χ1) is 17.5. The van der Waals surface area contributed by atoms with Gasteiger partial charge in [-0.2, -0.15) is 0 Å². The number of hydrogen-bond acceptors (Lipinski definition) is 1. The smallest absolute Gasteiger partial charge is 0.303 e. The van der Waals surface area contributed by atoms with E-state index in [9.17, 15) is 4.79 Å². The average Bonchev–Trinajstić information content (AvgIpc) is 3.34. The molecule has 2 nitrogen and oxygen atoms in total. The molecule has 3 rings (SSSR count). The van der Waals surface area contributed by atoms with Gasteiger partial charge in [-0.3, -0.25) is 4.79 Å². The molecule has 37 heavy (non-hydrogen) atoms. The summed E-state index contributed by atoms with van der Waals surface area (Å²) in [6, 6.07) is 0. The lowest BCUT2D eigenvalue weighted by Gasteiger charge is -2.34. The van der Waals surface area contributed by atoms with E-state index in [0.717, 1.165) is 12.8 Å². The molecule has 0 amide bonds. The summed E-state index contributed by atoms with van der Waals surface area (Å²) >= 11 is 44.5. The Labute approximate surface area is 258 Å². The minimum absolute atomic E-state index is 0.205. The van der Waals surface area contributed by atoms with E-state index in [4.69, 9.17) is 86.3 Å². The monoisotopic (exact) mass is 654 g/mol. The van der Waals surface area contributed by atoms with Crippen LogP contribution in [0.4, 0.5) is 0 Å². The van der Waals surface area contributed by atoms with E-state index < -0.39 is 20.1 Å². The molecule has 214 valence electrons. The fourth-order valence-corrected chi connectivity index (χ4v) is 9.24. The van der Waals surface area contributed by atoms with Gasteiger partial charge >= 0.3 is 5.97 Å². The fraction of sp³-hybridized carbons (Fsp3) is 0.821. The van der Waals surface area contributed by atoms with Crippen molar-refractivity contribution in [3.63, 3.8) is 0 Å². The highest BCUT2D eigenvalue weighted by molar-refractivity contribution is 6.66. The zero-order valence-corrected chi connectivity index (χ0v) is 27.0. The Hall–Kier alpha value is 0.980. The molecule has 0 aromatic heterocycles. The summed E-state index contributed by atoms with van der Waals surface area (Å²) in [4.78, 5) is 7.89. The van der Waals surface area contributed by atoms with Crippen LogP contribution in [0.3, 0.4) is 0 Å². The molecule has 1 N–H and O–H groups in total. The van der Waals surface area contributed by atoms with Crippen molar-refractivity contribution in [2.75, 3.05) is 0 Å². The van der Waals surface area contributed by atoms with Crippen molar-refractivity contribution in [2.45, 2.75) is 129 Å². The first-order valence-corrected chi connectivity index (χ1v) is 16.5. The van der Waals surface area contributed by atoms with E-state index in [2.05, 4.69) is 6.92 Å². The number of carbonyl (C=O) groups is 1. The van der Waals surface area contributed by atoms with Crippen molar-refractivity contribution in [3.8, 4) is 0 Å². The highest BCUT2D eigenvalue weighted by Crippen LogP contribution is 2.78. The number of allylic oxidation sites excluding steroid dienone is 4. The maximum atomic E-state index is 10.3. The maximum absolute atomic E-state index is 10.3. The van der Waals surface area contributed by atoms with E-state index >= 15 is 0 Å². The lowest BCUT2D eigenvalue weighted by molar-refractivity contribution is -0.137. The van der Waals surface area contributed by atoms with Crippen LogP contribution in [-0.2, 0) is 4.79 Å². The van der Waals surface area contributed by atoms with Crippen LogP contribution in [0.5, 0.6) is 0 Å². The standard InChI is InChI=1S/C18H36O2.C10H5Cl7/c1-2-3-4-5-6-7-8-9-10-11-12-13-14-15-16-17-18(19)20;11-4-2-1-3-5(4)9(15)7(13)6(12)8(3,14)10(9,16)17/h2-17H2,1H3,(H,19,20);1-5H. The quantitative estimate of drug-likeness (QED) is 0.102. The van der Waals surface area contributed by atoms with Gasteiger partial charge in [0, 0.05) is 18.3 Å². The van der Waals surface area contributed by atoms with Gasteiger partial charge < -0.3 is 5.11 Å². The van der Waals surface area contributed by atoms with Crippen LogP contribution >= 0.6 is 81.2 Å². The summed E-state index contributed by atoms with van der Waals surface area (Å²) in [7, 11) is 0. The minimum Gasteiger partial charge on any atom is -0.481 e. The largest absolute Gasteiger partial charge is 0.481 e. The second-order valence-electron chi connectivity index (χ2n) is 10.6. The van der Waals surface area contributed by atoms with Crippen molar-refractivity contribution in [3.05, 3.63) is 22.2 Å². The molecule has 5 unspecified atom stereocenters. The van der Waals surface area contributed by atoms with Crippen molar-refractivity contribution < 1.29 is 9.90 Å². The second kappa shape index (κ2) is 15.8. The molecular weight excluding hydrogens is 616 g/mol. The SMILES string of the molecule is CCCCCCCCCCCCCCCCCC(=O)O.ClC1=C(Cl)C2(Cl)C3C(Cl)C=CC3C1(Cl)C2(Cl)Cl. The molecule has 1 fully saturated rings. The normalized spacial score (nSPS) is 31.0. The molecule has 0 spiro atoms. The number of carboxylic acids is 1. The average molecular weight is 658 g/mol. The summed E-state index contributed by atoms with van der Waals surface area (Å²) in [5, 5.41) is 8.63. The Morgan fingerprint density at radius 3 is 1.57 bits per heavy atom. The molecule has 0 aromatic rings. The molecule has 3 aliphatic rings. The van der Waals surface area contributed by atoms with Gasteiger partial charge in [-0.15, -0.1) is 34.8 Å². The van der Waals surface area contributed by atoms with E-state index in [-0.39, 0.29) is 27.3 Å². The van der Waals surface area contributed by atoms with Gasteiger partial charge in [-0.1, -0.05) is 155 Å². The van der Waals surface area contributed by atoms with Crippen LogP contribution < -0.4 is 0 Å². The third kappa shape index (κ3) is 7.64. The molecule has 0 aliphatic heterocycles. The number of rotatable bonds is 16. The number of fused-ring (bicyclic) bond motifs is 5. The van der Waals surface area contributed by atoms with Crippen molar-refractivity contribution in [1.82, 2.24) is 0 Å². The van der Waals surface area contributed by atoms with Crippen LogP contribution in [0, 0.1) is 11.8 Å². The highest BCUT2D eigenvalue weighted by Gasteiger charge is 2.83. The summed E-state index contributed by atoms with van der Waals surface area (Å²) in [6.45, 7) is 2.27. The van der Waals surface area contributed by atoms with Crippen molar-refractivity contribution in [2.24, 2.45) is 11.8 Å². The predicted octanol–water partition coefficient (Wildman–Crippen LogP) is 11.6. The van der Waals surface area contributed by atoms with Gasteiger partial charge in [0.1, 0.15) is 9.75 Å². The first kappa shape index (κ1) is 34.2. The van der Waals surface area contributed by atoms with E-state index in [1.54, 1.807) is 0 Å². The van der Waals surface area contributed by atoms with Crippen LogP contribution in [0.1, 0.15) is 110 Å². The third-order valence-corrected chi connectivity index (χ3v) is 12.6. The third-order valence-electron chi connectivity index (χ3n) is 7.89. The molecule has 5 atom stereocenters. The predicted molar refractivity (Wildman–Crippen MR) is 163 cm³/mol. The lowest BCUT2D eigenvalue weighted by Crippen LogP contribution is -2.45. The molecule has 1 saturated carbocycles. The Kier molecular flexibility index (Phi) is 14.6. The van der Waals surface area contributed by atoms with Gasteiger partial charge in [0.05, 0.1) is 15.4 Å². The van der Waals surface area contributed by atoms with Gasteiger partial charge in [0.15, 0.2) is 4.33 Å². The van der Waals surface area contributed by atoms with E-state index in [0.29, 0.717) is 6.42 Å². The first-order valence-electron chi connectivity index (χ1n) is 13.8. The minimum atomic E-state index is -1.48. The molecule has 0 aromatic carbocycles. The van der Waals surface area contributed by atoms with Gasteiger partial charge in [-0.25, -0.2) is 0 Å². The molecule has 0 saturated heterocycles. The summed E-state index contributed by atoms with van der Waals surface area (Å²) in [6.07, 6.45) is 23.9. The zero-order valence-electron chi connectivity index (χ0n) is 21.7. The number of alkyl halides is 5. The molecule has 0 heterocycles. The number of unbranched alkanes of at least 4 members (excludes halogenated alkanes) is 14. The van der Waals surface area contributed by atoms with Gasteiger partial charge in [0.25, 0.3) is 0 Å². The topological polar surface area (TPSA) is 37.3 Å². The van der Waals surface area contributed by atoms with E-state index in [1.807, 2.05) is 12.2 Å². The summed E-state index contributed by atoms with van der Waals surface area (Å²) in [5.41, 5.74) is 0. The maximum Gasteiger partial charge on any atom is 0.303 e. The van der Waals surface area contributed by atoms with Crippen molar-refractivity contribution in [1.29, 1.82) is 0 Å². The number of hydrogen-bond donors (Lipinski definition) is 1. The van der Waals surface area contributed by atoms with E-state index in [1.165, 1.54) is 83.5 Å². The van der Waals surface area contributed by atoms with Crippen LogP contribution in [0.15, 0.2) is 22.2 Å². The molecule has 3 aliphatic carbocycles. The zero-order chi connectivity index (χ0) is 27.7. The fourth-order valence-electron chi connectivity index (χ4n) is 5.73.